The molecule has 8 aliphatic rings. The van der Waals surface area contributed by atoms with Gasteiger partial charge in [-0.25, -0.2) is 13.1 Å². The molecule has 7 atom stereocenters. The predicted octanol–water partition coefficient (Wildman–Crippen LogP) is 9.68. The molecule has 0 aromatic heterocycles. The van der Waals surface area contributed by atoms with E-state index in [1.54, 1.807) is 19.1 Å². The minimum absolute atomic E-state index is 0. The monoisotopic (exact) mass is 1010 g/mol. The number of nitrogens with one attached hydrogen (secondary N) is 2. The summed E-state index contributed by atoms with van der Waals surface area (Å²) >= 11 is 13.5. The third-order valence-corrected chi connectivity index (χ3v) is 21.3. The number of thioether (sulfide) groups is 2. The molecule has 63 heavy (non-hydrogen) atoms. The number of piperazine rings is 1. The number of aryl methyl sites for hydroxylation is 1. The molecule has 350 valence electrons. The molecule has 1 amide bonds. The zero-order valence-electron chi connectivity index (χ0n) is 36.7. The molecule has 2 aromatic carbocycles. The van der Waals surface area contributed by atoms with E-state index in [1.165, 1.54) is 74.7 Å². The van der Waals surface area contributed by atoms with E-state index in [0.717, 1.165) is 72.7 Å². The number of ether oxygens (including phenoxy) is 1. The number of fused-ring (bicyclic) bond motifs is 5. The van der Waals surface area contributed by atoms with Crippen molar-refractivity contribution in [3.05, 3.63) is 70.3 Å². The van der Waals surface area contributed by atoms with Crippen molar-refractivity contribution in [3.63, 3.8) is 0 Å². The fraction of sp³-hybridized carbons (Fsp3) is 0.694. The van der Waals surface area contributed by atoms with Crippen LogP contribution in [0.3, 0.4) is 0 Å². The molecule has 3 saturated heterocycles. The summed E-state index contributed by atoms with van der Waals surface area (Å²) in [5, 5.41) is 17.3. The highest BCUT2D eigenvalue weighted by atomic mass is 79.9. The van der Waals surface area contributed by atoms with Gasteiger partial charge >= 0.3 is 0 Å². The van der Waals surface area contributed by atoms with Gasteiger partial charge in [0, 0.05) is 60.1 Å². The van der Waals surface area contributed by atoms with Crippen LogP contribution >= 0.6 is 51.1 Å². The maximum atomic E-state index is 13.5. The van der Waals surface area contributed by atoms with Crippen molar-refractivity contribution >= 4 is 72.7 Å². The number of aliphatic hydroxyl groups is 1. The molecule has 5 fully saturated rings. The standard InChI is InChI=1S/C36H45ClN2O5S3.C8H16N2.C4H7Br.CH4/c1-23-6-3-15-36(41,34-45-16-5-17-46-34)30-11-8-27(30)20-39-21-35(14-4-7-25-18-28(37)10-12-29(25)35)22-44-32-13-9-26(19-31(32)39)33(40)38-47(42,43)24(23)2;1-2-5-10-6-4-9-7-8(10)3-1;5-3-4-1-2-4;/h3,9-10,12-13,15,18-19,23-24,27,30,34,41H,4-8,11,14,16-17,20-22H2,1-2H3,(H,38,40);8-9H,1-7H2;4H,1-3H2;1H4/b15-3+;;;/t23-,24+,27-,30+,35-,36-;8-;;/m01../s1. The van der Waals surface area contributed by atoms with Gasteiger partial charge in [0.25, 0.3) is 5.91 Å². The van der Waals surface area contributed by atoms with E-state index in [1.807, 2.05) is 54.7 Å². The van der Waals surface area contributed by atoms with Crippen molar-refractivity contribution in [1.82, 2.24) is 14.9 Å². The average Bonchev–Trinajstić information content (AvgIpc) is 4.13. The lowest BCUT2D eigenvalue weighted by molar-refractivity contribution is -0.0333. The SMILES string of the molecule is BrCC1CC1.C.C1CCN2CCNC[C@H]2C1.C[C@@H]1[C@@H](C)C/C=C/[C@@](O)(C2SCCCS2)[C@@H]2CC[C@H]2CN2C[C@@]3(CCCc4cc(Cl)ccc43)COc3ccc(cc32)C(=O)NS1(=O)=O. The summed E-state index contributed by atoms with van der Waals surface area (Å²) in [6.07, 6.45) is 17.8. The molecule has 2 aromatic rings. The van der Waals surface area contributed by atoms with E-state index in [0.29, 0.717) is 31.9 Å². The first-order chi connectivity index (χ1) is 29.9. The molecule has 5 heterocycles. The summed E-state index contributed by atoms with van der Waals surface area (Å²) < 4.78 is 35.9. The Kier molecular flexibility index (Phi) is 17.0. The third-order valence-electron chi connectivity index (χ3n) is 15.0. The molecule has 3 N–H and O–H groups in total. The van der Waals surface area contributed by atoms with Gasteiger partial charge in [0.1, 0.15) is 11.4 Å². The van der Waals surface area contributed by atoms with E-state index in [4.69, 9.17) is 16.3 Å². The van der Waals surface area contributed by atoms with Crippen LogP contribution in [0.2, 0.25) is 5.02 Å². The van der Waals surface area contributed by atoms with Crippen LogP contribution in [0.1, 0.15) is 113 Å². The number of carbonyl (C=O) groups excluding carboxylic acids is 1. The summed E-state index contributed by atoms with van der Waals surface area (Å²) in [5.41, 5.74) is 2.32. The smallest absolute Gasteiger partial charge is 0.264 e. The fourth-order valence-corrected chi connectivity index (χ4v) is 16.0. The Morgan fingerprint density at radius 1 is 1.00 bits per heavy atom. The molecule has 0 radical (unpaired) electrons. The van der Waals surface area contributed by atoms with Gasteiger partial charge in [-0.05, 0) is 161 Å². The van der Waals surface area contributed by atoms with Gasteiger partial charge in [0.2, 0.25) is 10.0 Å². The van der Waals surface area contributed by atoms with Gasteiger partial charge in [0.05, 0.1) is 22.1 Å². The predicted molar refractivity (Wildman–Crippen MR) is 269 cm³/mol. The average molecular weight is 1010 g/mol. The first-order valence-corrected chi connectivity index (χ1v) is 28.5. The lowest BCUT2D eigenvalue weighted by atomic mass is 9.64. The number of carbonyl (C=O) groups is 1. The summed E-state index contributed by atoms with van der Waals surface area (Å²) in [6.45, 7) is 10.5. The van der Waals surface area contributed by atoms with Gasteiger partial charge in [-0.3, -0.25) is 9.69 Å². The number of benzene rings is 2. The van der Waals surface area contributed by atoms with E-state index in [9.17, 15) is 18.3 Å². The van der Waals surface area contributed by atoms with Crippen molar-refractivity contribution in [2.45, 2.75) is 125 Å². The number of piperidine rings is 1. The van der Waals surface area contributed by atoms with E-state index in [2.05, 4.69) is 47.9 Å². The van der Waals surface area contributed by atoms with Crippen molar-refractivity contribution in [1.29, 1.82) is 0 Å². The minimum atomic E-state index is -3.95. The van der Waals surface area contributed by atoms with Gasteiger partial charge in [-0.2, -0.15) is 0 Å². The second-order valence-corrected chi connectivity index (χ2v) is 25.2. The molecule has 2 bridgehead atoms. The van der Waals surface area contributed by atoms with Crippen LogP contribution in [0.15, 0.2) is 48.6 Å². The zero-order chi connectivity index (χ0) is 43.5. The van der Waals surface area contributed by atoms with E-state index < -0.39 is 26.8 Å². The maximum absolute atomic E-state index is 13.5. The van der Waals surface area contributed by atoms with E-state index >= 15 is 0 Å². The summed E-state index contributed by atoms with van der Waals surface area (Å²) in [4.78, 5) is 18.5. The molecule has 1 spiro atoms. The molecule has 9 nitrogen and oxygen atoms in total. The van der Waals surface area contributed by atoms with Crippen LogP contribution in [-0.4, -0.2) is 109 Å². The van der Waals surface area contributed by atoms with Crippen molar-refractivity contribution in [2.75, 3.05) is 67.6 Å². The Bertz CT molecular complexity index is 1990. The number of amides is 1. The van der Waals surface area contributed by atoms with Crippen LogP contribution in [0.25, 0.3) is 0 Å². The normalized spacial score (nSPS) is 33.6. The number of hydrogen-bond donors (Lipinski definition) is 3. The quantitative estimate of drug-likeness (QED) is 0.199. The number of halogens is 2. The number of alkyl halides is 1. The highest BCUT2D eigenvalue weighted by Gasteiger charge is 2.52. The molecule has 3 aliphatic carbocycles. The Balaban J connectivity index is 0.000000311. The Hall–Kier alpha value is -1.45. The Morgan fingerprint density at radius 2 is 1.81 bits per heavy atom. The summed E-state index contributed by atoms with van der Waals surface area (Å²) in [6, 6.07) is 12.4. The van der Waals surface area contributed by atoms with Crippen LogP contribution in [0, 0.1) is 23.7 Å². The molecule has 0 unspecified atom stereocenters. The number of allylic oxidation sites excluding steroid dienone is 1. The van der Waals surface area contributed by atoms with Crippen LogP contribution in [-0.2, 0) is 21.9 Å². The zero-order valence-corrected chi connectivity index (χ0v) is 41.5. The van der Waals surface area contributed by atoms with Gasteiger partial charge in [0.15, 0.2) is 0 Å². The van der Waals surface area contributed by atoms with Crippen LogP contribution < -0.4 is 19.7 Å². The second kappa shape index (κ2) is 21.7. The molecule has 14 heteroatoms. The minimum Gasteiger partial charge on any atom is -0.490 e. The number of rotatable bonds is 2. The number of hydrogen-bond acceptors (Lipinski definition) is 10. The van der Waals surface area contributed by atoms with Crippen LogP contribution in [0.4, 0.5) is 5.69 Å². The number of nitrogens with zero attached hydrogens (tertiary/aromatic N) is 2. The first-order valence-electron chi connectivity index (χ1n) is 23.4. The highest BCUT2D eigenvalue weighted by Crippen LogP contribution is 2.53. The lowest BCUT2D eigenvalue weighted by Gasteiger charge is -2.51. The summed E-state index contributed by atoms with van der Waals surface area (Å²) in [5.74, 6) is 3.23. The van der Waals surface area contributed by atoms with Gasteiger partial charge < -0.3 is 20.1 Å². The van der Waals surface area contributed by atoms with Crippen LogP contribution in [0.5, 0.6) is 5.75 Å². The van der Waals surface area contributed by atoms with Gasteiger partial charge in [-0.15, -0.1) is 23.5 Å². The number of sulfonamides is 1. The molecular formula is C49H72BrClN4O5S3. The topological polar surface area (TPSA) is 111 Å². The lowest BCUT2D eigenvalue weighted by Crippen LogP contribution is -2.55. The van der Waals surface area contributed by atoms with Crippen molar-refractivity contribution < 1.29 is 23.1 Å². The Morgan fingerprint density at radius 3 is 2.52 bits per heavy atom. The fourth-order valence-electron chi connectivity index (χ4n) is 10.7. The largest absolute Gasteiger partial charge is 0.490 e. The van der Waals surface area contributed by atoms with E-state index in [-0.39, 0.29) is 40.7 Å². The maximum Gasteiger partial charge on any atom is 0.264 e. The first kappa shape index (κ1) is 49.5. The number of anilines is 1. The second-order valence-electron chi connectivity index (χ2n) is 19.3. The Labute approximate surface area is 400 Å². The highest BCUT2D eigenvalue weighted by molar-refractivity contribution is 9.09. The summed E-state index contributed by atoms with van der Waals surface area (Å²) in [7, 11) is -3.95. The van der Waals surface area contributed by atoms with Crippen molar-refractivity contribution in [2.24, 2.45) is 23.7 Å². The molecule has 5 aliphatic heterocycles. The molecule has 10 rings (SSSR count). The molecular weight excluding hydrogens is 936 g/mol. The third kappa shape index (κ3) is 11.5. The van der Waals surface area contributed by atoms with Crippen molar-refractivity contribution in [3.8, 4) is 5.75 Å². The molecule has 2 saturated carbocycles. The van der Waals surface area contributed by atoms with Gasteiger partial charge in [-0.1, -0.05) is 66.5 Å².